The molecule has 0 N–H and O–H groups in total. The van der Waals surface area contributed by atoms with Gasteiger partial charge in [-0.1, -0.05) is 61.2 Å². The Morgan fingerprint density at radius 3 is 2.59 bits per heavy atom. The molecule has 1 aromatic carbocycles. The fourth-order valence-electron chi connectivity index (χ4n) is 2.85. The zero-order chi connectivity index (χ0) is 15.5. The van der Waals surface area contributed by atoms with Crippen LogP contribution in [-0.4, -0.2) is 5.71 Å². The van der Waals surface area contributed by atoms with Gasteiger partial charge in [0, 0.05) is 5.92 Å². The van der Waals surface area contributed by atoms with E-state index >= 15 is 0 Å². The third-order valence-electron chi connectivity index (χ3n) is 4.25. The highest BCUT2D eigenvalue weighted by molar-refractivity contribution is 5.83. The molecule has 3 heteroatoms. The third-order valence-corrected chi connectivity index (χ3v) is 4.25. The predicted molar refractivity (Wildman–Crippen MR) is 89.3 cm³/mol. The normalized spacial score (nSPS) is 22.5. The number of hydrogen-bond acceptors (Lipinski definition) is 3. The van der Waals surface area contributed by atoms with Crippen LogP contribution < -0.4 is 0 Å². The van der Waals surface area contributed by atoms with Crippen molar-refractivity contribution < 1.29 is 4.84 Å². The van der Waals surface area contributed by atoms with E-state index in [0.29, 0.717) is 6.61 Å². The highest BCUT2D eigenvalue weighted by Gasteiger charge is 2.11. The molecule has 0 aliphatic heterocycles. The van der Waals surface area contributed by atoms with Gasteiger partial charge >= 0.3 is 0 Å². The fraction of sp³-hybridized carbons (Fsp3) is 0.579. The highest BCUT2D eigenvalue weighted by atomic mass is 16.6. The molecule has 118 valence electrons. The standard InChI is InChI=1S/C19H26N2O/c20-15-17-9-5-2-1-3-8-12-19(14-13-17)21-22-16-18-10-6-4-7-11-18/h4,6-7,10-11,17H,1-3,5,8-9,12-14,16H2/b21-19+. The van der Waals surface area contributed by atoms with Gasteiger partial charge in [-0.2, -0.15) is 5.26 Å². The van der Waals surface area contributed by atoms with Crippen LogP contribution in [0.1, 0.15) is 63.4 Å². The Balaban J connectivity index is 1.87. The summed E-state index contributed by atoms with van der Waals surface area (Å²) in [5.41, 5.74) is 2.26. The molecule has 1 atom stereocenters. The Labute approximate surface area is 134 Å². The van der Waals surface area contributed by atoms with Gasteiger partial charge in [0.25, 0.3) is 0 Å². The number of nitrogens with zero attached hydrogens (tertiary/aromatic N) is 2. The number of hydrogen-bond donors (Lipinski definition) is 0. The average Bonchev–Trinajstić information content (AvgIpc) is 2.61. The number of oxime groups is 1. The Kier molecular flexibility index (Phi) is 7.52. The summed E-state index contributed by atoms with van der Waals surface area (Å²) in [6, 6.07) is 12.6. The van der Waals surface area contributed by atoms with E-state index in [1.54, 1.807) is 0 Å². The van der Waals surface area contributed by atoms with Gasteiger partial charge in [0.2, 0.25) is 0 Å². The summed E-state index contributed by atoms with van der Waals surface area (Å²) in [4.78, 5) is 5.53. The summed E-state index contributed by atoms with van der Waals surface area (Å²) >= 11 is 0. The summed E-state index contributed by atoms with van der Waals surface area (Å²) in [5.74, 6) is 0.178. The van der Waals surface area contributed by atoms with Crippen LogP contribution in [0.5, 0.6) is 0 Å². The monoisotopic (exact) mass is 298 g/mol. The quantitative estimate of drug-likeness (QED) is 0.718. The Morgan fingerprint density at radius 1 is 1.00 bits per heavy atom. The van der Waals surface area contributed by atoms with Crippen molar-refractivity contribution >= 4 is 5.71 Å². The van der Waals surface area contributed by atoms with Crippen LogP contribution >= 0.6 is 0 Å². The molecule has 0 aromatic heterocycles. The first-order valence-corrected chi connectivity index (χ1v) is 8.49. The Bertz CT molecular complexity index is 490. The molecule has 22 heavy (non-hydrogen) atoms. The molecule has 0 radical (unpaired) electrons. The molecule has 1 fully saturated rings. The molecule has 0 spiro atoms. The maximum Gasteiger partial charge on any atom is 0.142 e. The van der Waals surface area contributed by atoms with E-state index in [2.05, 4.69) is 11.2 Å². The second kappa shape index (κ2) is 10.00. The number of nitriles is 1. The molecule has 1 aliphatic rings. The molecule has 2 rings (SSSR count). The fourth-order valence-corrected chi connectivity index (χ4v) is 2.85. The minimum atomic E-state index is 0.178. The highest BCUT2D eigenvalue weighted by Crippen LogP contribution is 2.20. The number of rotatable bonds is 3. The summed E-state index contributed by atoms with van der Waals surface area (Å²) in [6.07, 6.45) is 10.0. The summed E-state index contributed by atoms with van der Waals surface area (Å²) in [7, 11) is 0. The van der Waals surface area contributed by atoms with Crippen molar-refractivity contribution in [1.82, 2.24) is 0 Å². The van der Waals surface area contributed by atoms with Gasteiger partial charge in [0.1, 0.15) is 6.61 Å². The van der Waals surface area contributed by atoms with Crippen molar-refractivity contribution in [3.63, 3.8) is 0 Å². The smallest absolute Gasteiger partial charge is 0.142 e. The minimum Gasteiger partial charge on any atom is -0.391 e. The number of benzene rings is 1. The van der Waals surface area contributed by atoms with Crippen LogP contribution in [0, 0.1) is 17.2 Å². The molecule has 0 amide bonds. The molecular formula is C19H26N2O. The Hall–Kier alpha value is -1.82. The maximum absolute atomic E-state index is 9.23. The topological polar surface area (TPSA) is 45.4 Å². The summed E-state index contributed by atoms with van der Waals surface area (Å²) < 4.78 is 0. The SMILES string of the molecule is N#CC1CCCCCCC/C(=N\OCc2ccccc2)CC1. The van der Waals surface area contributed by atoms with Gasteiger partial charge in [0.15, 0.2) is 0 Å². The van der Waals surface area contributed by atoms with Gasteiger partial charge in [-0.25, -0.2) is 0 Å². The average molecular weight is 298 g/mol. The molecule has 0 heterocycles. The van der Waals surface area contributed by atoms with Crippen molar-refractivity contribution in [2.45, 2.75) is 64.4 Å². The predicted octanol–water partition coefficient (Wildman–Crippen LogP) is 5.22. The van der Waals surface area contributed by atoms with Crippen LogP contribution in [0.25, 0.3) is 0 Å². The van der Waals surface area contributed by atoms with Crippen molar-refractivity contribution in [1.29, 1.82) is 5.26 Å². The lowest BCUT2D eigenvalue weighted by molar-refractivity contribution is 0.129. The van der Waals surface area contributed by atoms with Gasteiger partial charge < -0.3 is 4.84 Å². The summed E-state index contributed by atoms with van der Waals surface area (Å²) in [6.45, 7) is 0.520. The van der Waals surface area contributed by atoms with Crippen molar-refractivity contribution in [2.24, 2.45) is 11.1 Å². The molecule has 1 aliphatic carbocycles. The van der Waals surface area contributed by atoms with E-state index in [4.69, 9.17) is 4.84 Å². The Morgan fingerprint density at radius 2 is 1.77 bits per heavy atom. The van der Waals surface area contributed by atoms with Gasteiger partial charge in [-0.3, -0.25) is 0 Å². The molecule has 0 bridgehead atoms. The van der Waals surface area contributed by atoms with Gasteiger partial charge in [-0.15, -0.1) is 0 Å². The molecule has 1 unspecified atom stereocenters. The maximum atomic E-state index is 9.23. The van der Waals surface area contributed by atoms with Crippen molar-refractivity contribution in [2.75, 3.05) is 0 Å². The van der Waals surface area contributed by atoms with Crippen molar-refractivity contribution in [3.8, 4) is 6.07 Å². The first kappa shape index (κ1) is 16.5. The van der Waals surface area contributed by atoms with E-state index in [9.17, 15) is 5.26 Å². The minimum absolute atomic E-state index is 0.178. The van der Waals surface area contributed by atoms with Crippen LogP contribution in [0.3, 0.4) is 0 Å². The van der Waals surface area contributed by atoms with Gasteiger partial charge in [-0.05, 0) is 37.7 Å². The second-order valence-corrected chi connectivity index (χ2v) is 6.09. The zero-order valence-corrected chi connectivity index (χ0v) is 13.3. The lowest BCUT2D eigenvalue weighted by Gasteiger charge is -2.09. The lowest BCUT2D eigenvalue weighted by Crippen LogP contribution is -2.05. The van der Waals surface area contributed by atoms with E-state index < -0.39 is 0 Å². The van der Waals surface area contributed by atoms with Crippen LogP contribution in [0.15, 0.2) is 35.5 Å². The molecule has 0 saturated heterocycles. The van der Waals surface area contributed by atoms with E-state index in [1.807, 2.05) is 30.3 Å². The summed E-state index contributed by atoms with van der Waals surface area (Å²) in [5, 5.41) is 13.6. The third kappa shape index (κ3) is 6.30. The molecule has 1 saturated carbocycles. The molecule has 3 nitrogen and oxygen atoms in total. The molecular weight excluding hydrogens is 272 g/mol. The lowest BCUT2D eigenvalue weighted by atomic mass is 9.96. The zero-order valence-electron chi connectivity index (χ0n) is 13.3. The largest absolute Gasteiger partial charge is 0.391 e. The van der Waals surface area contributed by atoms with Crippen LogP contribution in [0.2, 0.25) is 0 Å². The van der Waals surface area contributed by atoms with Crippen LogP contribution in [-0.2, 0) is 11.4 Å². The second-order valence-electron chi connectivity index (χ2n) is 6.09. The van der Waals surface area contributed by atoms with Gasteiger partial charge in [0.05, 0.1) is 11.8 Å². The molecule has 1 aromatic rings. The van der Waals surface area contributed by atoms with Crippen LogP contribution in [0.4, 0.5) is 0 Å². The van der Waals surface area contributed by atoms with E-state index in [1.165, 1.54) is 32.1 Å². The van der Waals surface area contributed by atoms with Crippen molar-refractivity contribution in [3.05, 3.63) is 35.9 Å². The van der Waals surface area contributed by atoms with E-state index in [-0.39, 0.29) is 5.92 Å². The first-order chi connectivity index (χ1) is 10.9. The first-order valence-electron chi connectivity index (χ1n) is 8.49. The van der Waals surface area contributed by atoms with E-state index in [0.717, 1.165) is 37.0 Å².